The maximum atomic E-state index is 6.52. The summed E-state index contributed by atoms with van der Waals surface area (Å²) in [4.78, 5) is 0. The first-order valence-electron chi connectivity index (χ1n) is 8.04. The van der Waals surface area contributed by atoms with Crippen LogP contribution < -0.4 is 5.73 Å². The molecule has 1 saturated carbocycles. The van der Waals surface area contributed by atoms with Gasteiger partial charge in [0.15, 0.2) is 16.6 Å². The van der Waals surface area contributed by atoms with Crippen LogP contribution in [0.15, 0.2) is 0 Å². The highest BCUT2D eigenvalue weighted by Gasteiger charge is 2.45. The predicted molar refractivity (Wildman–Crippen MR) is 92.1 cm³/mol. The second kappa shape index (κ2) is 6.61. The molecule has 1 aliphatic rings. The fraction of sp³-hybridized carbons (Fsp3) is 1.00. The van der Waals surface area contributed by atoms with E-state index in [-0.39, 0.29) is 6.10 Å². The summed E-state index contributed by atoms with van der Waals surface area (Å²) >= 11 is 0. The van der Waals surface area contributed by atoms with Crippen LogP contribution in [-0.2, 0) is 8.85 Å². The molecule has 3 atom stereocenters. The van der Waals surface area contributed by atoms with Crippen LogP contribution in [0.5, 0.6) is 0 Å². The van der Waals surface area contributed by atoms with Gasteiger partial charge in [-0.2, -0.15) is 0 Å². The third-order valence-electron chi connectivity index (χ3n) is 5.22. The lowest BCUT2D eigenvalue weighted by Crippen LogP contribution is -2.44. The molecule has 0 aromatic carbocycles. The van der Waals surface area contributed by atoms with Crippen LogP contribution in [0, 0.1) is 5.92 Å². The normalized spacial score (nSPS) is 25.4. The highest BCUT2D eigenvalue weighted by atomic mass is 28.4. The van der Waals surface area contributed by atoms with Crippen LogP contribution in [0.1, 0.15) is 34.1 Å². The van der Waals surface area contributed by atoms with Crippen molar-refractivity contribution in [2.75, 3.05) is 6.61 Å². The lowest BCUT2D eigenvalue weighted by atomic mass is 10.2. The second-order valence-corrected chi connectivity index (χ2v) is 17.3. The lowest BCUT2D eigenvalue weighted by molar-refractivity contribution is 0.0944. The third-order valence-corrected chi connectivity index (χ3v) is 12.6. The van der Waals surface area contributed by atoms with Gasteiger partial charge in [-0.15, -0.1) is 0 Å². The minimum atomic E-state index is -1.64. The van der Waals surface area contributed by atoms with Gasteiger partial charge in [-0.3, -0.25) is 0 Å². The summed E-state index contributed by atoms with van der Waals surface area (Å²) in [7, 11) is -3.23. The van der Waals surface area contributed by atoms with E-state index in [1.165, 1.54) is 0 Å². The van der Waals surface area contributed by atoms with Gasteiger partial charge in [-0.1, -0.05) is 27.7 Å². The molecule has 0 aromatic rings. The summed E-state index contributed by atoms with van der Waals surface area (Å²) in [6.07, 6.45) is 1.31. The average Bonchev–Trinajstić information content (AvgIpc) is 3.01. The zero-order valence-corrected chi connectivity index (χ0v) is 16.7. The molecule has 0 amide bonds. The molecule has 0 spiro atoms. The van der Waals surface area contributed by atoms with Crippen molar-refractivity contribution in [1.82, 2.24) is 0 Å². The standard InChI is InChI=1S/C15H35NO2Si2/c1-11(2)19(5,6)17-10-15(13-9-14(13)16)18-20(7,8)12(3)4/h11-15H,9-10,16H2,1-8H3. The zero-order valence-electron chi connectivity index (χ0n) is 14.7. The lowest BCUT2D eigenvalue weighted by Gasteiger charge is -2.35. The number of hydrogen-bond acceptors (Lipinski definition) is 3. The van der Waals surface area contributed by atoms with Crippen LogP contribution in [-0.4, -0.2) is 35.4 Å². The molecule has 2 N–H and O–H groups in total. The molecule has 0 aliphatic heterocycles. The summed E-state index contributed by atoms with van der Waals surface area (Å²) in [5, 5.41) is 0. The Hall–Kier alpha value is 0.314. The van der Waals surface area contributed by atoms with Gasteiger partial charge in [-0.05, 0) is 43.7 Å². The van der Waals surface area contributed by atoms with Gasteiger partial charge in [-0.25, -0.2) is 0 Å². The second-order valence-electron chi connectivity index (χ2n) is 8.05. The van der Waals surface area contributed by atoms with Crippen molar-refractivity contribution in [2.24, 2.45) is 11.7 Å². The molecule has 3 unspecified atom stereocenters. The molecule has 0 aromatic heterocycles. The van der Waals surface area contributed by atoms with Crippen molar-refractivity contribution >= 4 is 16.6 Å². The molecule has 20 heavy (non-hydrogen) atoms. The first kappa shape index (κ1) is 18.4. The van der Waals surface area contributed by atoms with E-state index >= 15 is 0 Å². The molecule has 1 rings (SSSR count). The third kappa shape index (κ3) is 4.95. The van der Waals surface area contributed by atoms with E-state index in [4.69, 9.17) is 14.6 Å². The van der Waals surface area contributed by atoms with E-state index < -0.39 is 16.6 Å². The molecule has 5 heteroatoms. The molecular formula is C15H35NO2Si2. The topological polar surface area (TPSA) is 44.5 Å². The molecule has 0 bridgehead atoms. The van der Waals surface area contributed by atoms with Gasteiger partial charge in [0.1, 0.15) is 0 Å². The Morgan fingerprint density at radius 2 is 1.45 bits per heavy atom. The molecule has 0 saturated heterocycles. The van der Waals surface area contributed by atoms with Crippen LogP contribution in [0.3, 0.4) is 0 Å². The Balaban J connectivity index is 2.63. The summed E-state index contributed by atoms with van der Waals surface area (Å²) in [6, 6.07) is 0.324. The first-order chi connectivity index (χ1) is 8.97. The Kier molecular flexibility index (Phi) is 6.07. The number of rotatable bonds is 8. The maximum absolute atomic E-state index is 6.52. The Morgan fingerprint density at radius 1 is 1.00 bits per heavy atom. The van der Waals surface area contributed by atoms with Gasteiger partial charge in [0.25, 0.3) is 0 Å². The Morgan fingerprint density at radius 3 is 1.80 bits per heavy atom. The van der Waals surface area contributed by atoms with E-state index in [9.17, 15) is 0 Å². The summed E-state index contributed by atoms with van der Waals surface area (Å²) < 4.78 is 12.8. The van der Waals surface area contributed by atoms with E-state index in [2.05, 4.69) is 53.9 Å². The van der Waals surface area contributed by atoms with Crippen molar-refractivity contribution in [3.05, 3.63) is 0 Å². The van der Waals surface area contributed by atoms with E-state index in [0.29, 0.717) is 23.0 Å². The van der Waals surface area contributed by atoms with Crippen LogP contribution in [0.25, 0.3) is 0 Å². The zero-order chi connectivity index (χ0) is 15.7. The van der Waals surface area contributed by atoms with Gasteiger partial charge in [0, 0.05) is 12.0 Å². The van der Waals surface area contributed by atoms with Gasteiger partial charge >= 0.3 is 0 Å². The minimum absolute atomic E-state index is 0.208. The largest absolute Gasteiger partial charge is 0.414 e. The average molecular weight is 318 g/mol. The molecule has 0 heterocycles. The number of nitrogens with two attached hydrogens (primary N) is 1. The molecule has 1 fully saturated rings. The van der Waals surface area contributed by atoms with Gasteiger partial charge in [0.05, 0.1) is 12.7 Å². The first-order valence-corrected chi connectivity index (χ1v) is 14.0. The summed E-state index contributed by atoms with van der Waals surface area (Å²) in [6.45, 7) is 19.0. The maximum Gasteiger partial charge on any atom is 0.189 e. The van der Waals surface area contributed by atoms with Gasteiger partial charge in [0.2, 0.25) is 0 Å². The van der Waals surface area contributed by atoms with Gasteiger partial charge < -0.3 is 14.6 Å². The molecule has 3 nitrogen and oxygen atoms in total. The number of hydrogen-bond donors (Lipinski definition) is 1. The summed E-state index contributed by atoms with van der Waals surface area (Å²) in [5.41, 5.74) is 7.30. The van der Waals surface area contributed by atoms with Crippen LogP contribution >= 0.6 is 0 Å². The minimum Gasteiger partial charge on any atom is -0.414 e. The fourth-order valence-electron chi connectivity index (χ4n) is 1.90. The fourth-order valence-corrected chi connectivity index (χ4v) is 4.12. The van der Waals surface area contributed by atoms with E-state index in [0.717, 1.165) is 13.0 Å². The highest BCUT2D eigenvalue weighted by molar-refractivity contribution is 6.73. The smallest absolute Gasteiger partial charge is 0.189 e. The van der Waals surface area contributed by atoms with Crippen LogP contribution in [0.2, 0.25) is 37.3 Å². The van der Waals surface area contributed by atoms with Crippen molar-refractivity contribution in [2.45, 2.75) is 83.5 Å². The molecule has 0 radical (unpaired) electrons. The summed E-state index contributed by atoms with van der Waals surface area (Å²) in [5.74, 6) is 0.512. The van der Waals surface area contributed by atoms with Crippen molar-refractivity contribution in [3.8, 4) is 0 Å². The van der Waals surface area contributed by atoms with E-state index in [1.807, 2.05) is 0 Å². The monoisotopic (exact) mass is 317 g/mol. The van der Waals surface area contributed by atoms with Crippen molar-refractivity contribution in [1.29, 1.82) is 0 Å². The quantitative estimate of drug-likeness (QED) is 0.689. The van der Waals surface area contributed by atoms with Crippen LogP contribution in [0.4, 0.5) is 0 Å². The predicted octanol–water partition coefficient (Wildman–Crippen LogP) is 3.97. The van der Waals surface area contributed by atoms with E-state index in [1.54, 1.807) is 0 Å². The van der Waals surface area contributed by atoms with Crippen molar-refractivity contribution in [3.63, 3.8) is 0 Å². The molecular weight excluding hydrogens is 282 g/mol. The Labute approximate surface area is 127 Å². The SMILES string of the molecule is CC(C)[Si](C)(C)OCC(O[Si](C)(C)C(C)C)C1CC1N. The molecule has 1 aliphatic carbocycles. The Bertz CT molecular complexity index is 319. The molecule has 120 valence electrons. The highest BCUT2D eigenvalue weighted by Crippen LogP contribution is 2.37. The van der Waals surface area contributed by atoms with Crippen molar-refractivity contribution < 1.29 is 8.85 Å².